The molecule has 1 aliphatic heterocycles. The van der Waals surface area contributed by atoms with Gasteiger partial charge in [-0.1, -0.05) is 58.4 Å². The number of benzene rings is 2. The fourth-order valence-electron chi connectivity index (χ4n) is 2.89. The van der Waals surface area contributed by atoms with Gasteiger partial charge >= 0.3 is 0 Å². The molecule has 2 aromatic carbocycles. The summed E-state index contributed by atoms with van der Waals surface area (Å²) in [6, 6.07) is 15.9. The molecule has 2 nitrogen and oxygen atoms in total. The second-order valence-corrected chi connectivity index (χ2v) is 6.62. The Labute approximate surface area is 136 Å². The Morgan fingerprint density at radius 3 is 2.27 bits per heavy atom. The van der Waals surface area contributed by atoms with E-state index >= 15 is 0 Å². The largest absolute Gasteiger partial charge is 0.377 e. The highest BCUT2D eigenvalue weighted by Gasteiger charge is 2.60. The first-order valence-electron chi connectivity index (χ1n) is 7.03. The van der Waals surface area contributed by atoms with Crippen molar-refractivity contribution in [2.75, 3.05) is 13.1 Å². The first-order valence-corrected chi connectivity index (χ1v) is 7.82. The van der Waals surface area contributed by atoms with Crippen molar-refractivity contribution in [1.29, 1.82) is 0 Å². The third kappa shape index (κ3) is 2.81. The molecule has 2 aromatic rings. The number of rotatable bonds is 3. The van der Waals surface area contributed by atoms with E-state index in [1.54, 1.807) is 29.2 Å². The van der Waals surface area contributed by atoms with E-state index in [1.807, 2.05) is 30.3 Å². The predicted octanol–water partition coefficient (Wildman–Crippen LogP) is 3.79. The van der Waals surface area contributed by atoms with Crippen LogP contribution in [0, 0.1) is 0 Å². The summed E-state index contributed by atoms with van der Waals surface area (Å²) in [5.41, 5.74) is -0.947. The van der Waals surface area contributed by atoms with Gasteiger partial charge in [0, 0.05) is 17.6 Å². The summed E-state index contributed by atoms with van der Waals surface area (Å²) < 4.78 is 29.7. The van der Waals surface area contributed by atoms with Crippen LogP contribution in [0.15, 0.2) is 59.1 Å². The number of likely N-dealkylation sites (tertiary alicyclic amines) is 1. The number of nitrogens with zero attached hydrogens (tertiary/aromatic N) is 1. The maximum atomic E-state index is 14.4. The molecule has 1 saturated heterocycles. The van der Waals surface area contributed by atoms with Crippen LogP contribution in [0.25, 0.3) is 0 Å². The molecule has 5 heteroatoms. The van der Waals surface area contributed by atoms with Crippen LogP contribution in [-0.4, -0.2) is 29.0 Å². The molecule has 116 valence electrons. The molecule has 1 heterocycles. The van der Waals surface area contributed by atoms with Crippen LogP contribution in [0.3, 0.4) is 0 Å². The van der Waals surface area contributed by atoms with Gasteiger partial charge in [0.25, 0.3) is 5.92 Å². The summed E-state index contributed by atoms with van der Waals surface area (Å²) in [4.78, 5) is 1.59. The zero-order valence-corrected chi connectivity index (χ0v) is 13.4. The summed E-state index contributed by atoms with van der Waals surface area (Å²) >= 11 is 3.28. The molecule has 0 bridgehead atoms. The Bertz CT molecular complexity index is 647. The lowest BCUT2D eigenvalue weighted by atomic mass is 9.90. The minimum absolute atomic E-state index is 0.0868. The van der Waals surface area contributed by atoms with Gasteiger partial charge in [-0.25, -0.2) is 8.78 Å². The lowest BCUT2D eigenvalue weighted by Crippen LogP contribution is -2.44. The predicted molar refractivity (Wildman–Crippen MR) is 84.7 cm³/mol. The van der Waals surface area contributed by atoms with E-state index in [2.05, 4.69) is 15.9 Å². The first kappa shape index (κ1) is 15.6. The van der Waals surface area contributed by atoms with Crippen molar-refractivity contribution in [3.8, 4) is 0 Å². The summed E-state index contributed by atoms with van der Waals surface area (Å²) in [5.74, 6) is -3.18. The summed E-state index contributed by atoms with van der Waals surface area (Å²) in [6.07, 6.45) is 0. The molecular weight excluding hydrogens is 352 g/mol. The van der Waals surface area contributed by atoms with Crippen LogP contribution >= 0.6 is 15.9 Å². The average molecular weight is 368 g/mol. The Morgan fingerprint density at radius 2 is 1.64 bits per heavy atom. The first-order chi connectivity index (χ1) is 10.4. The smallest absolute Gasteiger partial charge is 0.293 e. The van der Waals surface area contributed by atoms with Crippen molar-refractivity contribution < 1.29 is 13.9 Å². The van der Waals surface area contributed by atoms with Gasteiger partial charge in [-0.05, 0) is 23.3 Å². The summed E-state index contributed by atoms with van der Waals surface area (Å²) in [7, 11) is 0. The highest BCUT2D eigenvalue weighted by Crippen LogP contribution is 2.44. The van der Waals surface area contributed by atoms with Crippen molar-refractivity contribution in [1.82, 2.24) is 4.90 Å². The van der Waals surface area contributed by atoms with Gasteiger partial charge in [0.2, 0.25) is 0 Å². The van der Waals surface area contributed by atoms with Gasteiger partial charge in [-0.15, -0.1) is 0 Å². The Hall–Kier alpha value is -1.30. The van der Waals surface area contributed by atoms with Gasteiger partial charge in [-0.3, -0.25) is 4.90 Å². The van der Waals surface area contributed by atoms with Crippen LogP contribution in [-0.2, 0) is 12.1 Å². The third-order valence-corrected chi connectivity index (χ3v) is 4.58. The van der Waals surface area contributed by atoms with Crippen LogP contribution in [0.2, 0.25) is 0 Å². The number of alkyl halides is 2. The molecule has 1 atom stereocenters. The van der Waals surface area contributed by atoms with E-state index in [4.69, 9.17) is 0 Å². The number of halogens is 3. The average Bonchev–Trinajstić information content (AvgIpc) is 2.70. The lowest BCUT2D eigenvalue weighted by Gasteiger charge is -2.29. The van der Waals surface area contributed by atoms with Crippen molar-refractivity contribution in [3.05, 3.63) is 70.2 Å². The van der Waals surface area contributed by atoms with E-state index in [0.29, 0.717) is 6.54 Å². The van der Waals surface area contributed by atoms with E-state index in [0.717, 1.165) is 10.0 Å². The van der Waals surface area contributed by atoms with E-state index in [9.17, 15) is 13.9 Å². The van der Waals surface area contributed by atoms with E-state index in [-0.39, 0.29) is 12.1 Å². The third-order valence-electron chi connectivity index (χ3n) is 4.05. The fourth-order valence-corrected chi connectivity index (χ4v) is 3.15. The van der Waals surface area contributed by atoms with Gasteiger partial charge in [0.15, 0.2) is 5.60 Å². The summed E-state index contributed by atoms with van der Waals surface area (Å²) in [6.45, 7) is -0.139. The maximum absolute atomic E-state index is 14.4. The molecule has 1 N–H and O–H groups in total. The van der Waals surface area contributed by atoms with Crippen molar-refractivity contribution in [2.24, 2.45) is 0 Å². The molecular formula is C17H16BrF2NO. The van der Waals surface area contributed by atoms with Crippen LogP contribution in [0.4, 0.5) is 8.78 Å². The second-order valence-electron chi connectivity index (χ2n) is 5.70. The lowest BCUT2D eigenvalue weighted by molar-refractivity contribution is -0.151. The van der Waals surface area contributed by atoms with Crippen molar-refractivity contribution in [2.45, 2.75) is 18.1 Å². The molecule has 0 amide bonds. The van der Waals surface area contributed by atoms with E-state index in [1.165, 1.54) is 0 Å². The number of β-amino-alcohol motifs (C(OH)–C–C–N with tert-alkyl or cyclic N) is 1. The minimum Gasteiger partial charge on any atom is -0.377 e. The zero-order valence-electron chi connectivity index (χ0n) is 11.8. The normalized spacial score (nSPS) is 24.5. The molecule has 1 fully saturated rings. The Balaban J connectivity index is 1.84. The topological polar surface area (TPSA) is 23.5 Å². The fraction of sp³-hybridized carbons (Fsp3) is 0.294. The molecule has 0 aromatic heterocycles. The molecule has 0 saturated carbocycles. The van der Waals surface area contributed by atoms with Gasteiger partial charge < -0.3 is 5.11 Å². The Kier molecular flexibility index (Phi) is 4.05. The highest BCUT2D eigenvalue weighted by atomic mass is 79.9. The molecule has 1 aliphatic rings. The summed E-state index contributed by atoms with van der Waals surface area (Å²) in [5, 5.41) is 10.6. The monoisotopic (exact) mass is 367 g/mol. The quantitative estimate of drug-likeness (QED) is 0.891. The number of aliphatic hydroxyl groups is 1. The molecule has 0 radical (unpaired) electrons. The maximum Gasteiger partial charge on any atom is 0.293 e. The van der Waals surface area contributed by atoms with E-state index < -0.39 is 18.1 Å². The van der Waals surface area contributed by atoms with Crippen LogP contribution in [0.5, 0.6) is 0 Å². The standard InChI is InChI=1S/C17H16BrF2NO/c18-15-8-6-14(7-9-15)16(22)11-21(12-17(16,19)20)10-13-4-2-1-3-5-13/h1-9,22H,10-12H2. The SMILES string of the molecule is OC1(c2ccc(Br)cc2)CN(Cc2ccccc2)CC1(F)F. The Morgan fingerprint density at radius 1 is 1.00 bits per heavy atom. The molecule has 0 spiro atoms. The molecule has 0 aliphatic carbocycles. The molecule has 1 unspecified atom stereocenters. The van der Waals surface area contributed by atoms with Crippen molar-refractivity contribution in [3.63, 3.8) is 0 Å². The molecule has 22 heavy (non-hydrogen) atoms. The number of hydrogen-bond acceptors (Lipinski definition) is 2. The van der Waals surface area contributed by atoms with Crippen LogP contribution < -0.4 is 0 Å². The van der Waals surface area contributed by atoms with Gasteiger partial charge in [0.1, 0.15) is 0 Å². The highest BCUT2D eigenvalue weighted by molar-refractivity contribution is 9.10. The van der Waals surface area contributed by atoms with Crippen molar-refractivity contribution >= 4 is 15.9 Å². The zero-order chi connectivity index (χ0) is 15.8. The van der Waals surface area contributed by atoms with Gasteiger partial charge in [0.05, 0.1) is 6.54 Å². The number of hydrogen-bond donors (Lipinski definition) is 1. The minimum atomic E-state index is -3.18. The second kappa shape index (κ2) is 5.72. The van der Waals surface area contributed by atoms with Crippen LogP contribution in [0.1, 0.15) is 11.1 Å². The van der Waals surface area contributed by atoms with Gasteiger partial charge in [-0.2, -0.15) is 0 Å². The molecule has 3 rings (SSSR count).